The van der Waals surface area contributed by atoms with Crippen molar-refractivity contribution in [1.29, 1.82) is 0 Å². The van der Waals surface area contributed by atoms with Gasteiger partial charge in [0.2, 0.25) is 0 Å². The van der Waals surface area contributed by atoms with Crippen LogP contribution in [-0.4, -0.2) is 24.3 Å². The Bertz CT molecular complexity index is 334. The number of hydrogen-bond acceptors (Lipinski definition) is 3. The standard InChI is InChI=1S/C13H18O3/c1-11(15)16-10-13(2,9-14)8-12-6-4-3-5-7-12/h3-7,14H,8-10H2,1-2H3. The van der Waals surface area contributed by atoms with Crippen LogP contribution in [0.25, 0.3) is 0 Å². The van der Waals surface area contributed by atoms with Crippen molar-refractivity contribution in [1.82, 2.24) is 0 Å². The predicted molar refractivity (Wildman–Crippen MR) is 62.0 cm³/mol. The molecule has 0 saturated carbocycles. The Morgan fingerprint density at radius 2 is 2.00 bits per heavy atom. The normalized spacial score (nSPS) is 14.2. The molecule has 1 N–H and O–H groups in total. The van der Waals surface area contributed by atoms with E-state index in [4.69, 9.17) is 4.74 Å². The van der Waals surface area contributed by atoms with Gasteiger partial charge in [-0.05, 0) is 12.0 Å². The first-order chi connectivity index (χ1) is 7.56. The summed E-state index contributed by atoms with van der Waals surface area (Å²) in [6, 6.07) is 9.87. The quantitative estimate of drug-likeness (QED) is 0.773. The van der Waals surface area contributed by atoms with E-state index in [-0.39, 0.29) is 19.2 Å². The number of esters is 1. The minimum atomic E-state index is -0.410. The zero-order valence-corrected chi connectivity index (χ0v) is 9.77. The van der Waals surface area contributed by atoms with E-state index in [1.165, 1.54) is 6.92 Å². The molecule has 0 aliphatic heterocycles. The zero-order valence-electron chi connectivity index (χ0n) is 9.77. The molecular weight excluding hydrogens is 204 g/mol. The van der Waals surface area contributed by atoms with Gasteiger partial charge in [-0.2, -0.15) is 0 Å². The third-order valence-electron chi connectivity index (χ3n) is 2.48. The molecule has 0 bridgehead atoms. The van der Waals surface area contributed by atoms with E-state index < -0.39 is 5.41 Å². The molecule has 1 rings (SSSR count). The Morgan fingerprint density at radius 1 is 1.38 bits per heavy atom. The van der Waals surface area contributed by atoms with Crippen LogP contribution in [0, 0.1) is 5.41 Å². The molecule has 1 unspecified atom stereocenters. The molecule has 3 heteroatoms. The minimum absolute atomic E-state index is 0.00479. The molecule has 0 spiro atoms. The van der Waals surface area contributed by atoms with E-state index in [1.807, 2.05) is 37.3 Å². The lowest BCUT2D eigenvalue weighted by Gasteiger charge is -2.26. The second-order valence-corrected chi connectivity index (χ2v) is 4.41. The highest BCUT2D eigenvalue weighted by Gasteiger charge is 2.25. The third-order valence-corrected chi connectivity index (χ3v) is 2.48. The van der Waals surface area contributed by atoms with Crippen LogP contribution in [0.3, 0.4) is 0 Å². The summed E-state index contributed by atoms with van der Waals surface area (Å²) in [7, 11) is 0. The van der Waals surface area contributed by atoms with E-state index in [0.717, 1.165) is 5.56 Å². The van der Waals surface area contributed by atoms with Crippen LogP contribution in [-0.2, 0) is 16.0 Å². The maximum atomic E-state index is 10.8. The molecular formula is C13H18O3. The fraction of sp³-hybridized carbons (Fsp3) is 0.462. The van der Waals surface area contributed by atoms with E-state index >= 15 is 0 Å². The van der Waals surface area contributed by atoms with Crippen LogP contribution in [0.4, 0.5) is 0 Å². The first-order valence-corrected chi connectivity index (χ1v) is 5.34. The van der Waals surface area contributed by atoms with E-state index in [1.54, 1.807) is 0 Å². The van der Waals surface area contributed by atoms with Gasteiger partial charge in [-0.1, -0.05) is 37.3 Å². The van der Waals surface area contributed by atoms with E-state index in [9.17, 15) is 9.90 Å². The van der Waals surface area contributed by atoms with Crippen molar-refractivity contribution in [3.8, 4) is 0 Å². The molecule has 0 aliphatic rings. The van der Waals surface area contributed by atoms with Gasteiger partial charge in [0, 0.05) is 12.3 Å². The smallest absolute Gasteiger partial charge is 0.302 e. The topological polar surface area (TPSA) is 46.5 Å². The van der Waals surface area contributed by atoms with Gasteiger partial charge in [-0.15, -0.1) is 0 Å². The maximum Gasteiger partial charge on any atom is 0.302 e. The highest BCUT2D eigenvalue weighted by molar-refractivity contribution is 5.65. The van der Waals surface area contributed by atoms with Crippen molar-refractivity contribution >= 4 is 5.97 Å². The summed E-state index contributed by atoms with van der Waals surface area (Å²) in [5.41, 5.74) is 0.721. The van der Waals surface area contributed by atoms with Crippen molar-refractivity contribution in [3.05, 3.63) is 35.9 Å². The second-order valence-electron chi connectivity index (χ2n) is 4.41. The van der Waals surface area contributed by atoms with Crippen LogP contribution in [0.5, 0.6) is 0 Å². The molecule has 0 radical (unpaired) electrons. The molecule has 0 heterocycles. The molecule has 1 atom stereocenters. The number of ether oxygens (including phenoxy) is 1. The van der Waals surface area contributed by atoms with Crippen LogP contribution < -0.4 is 0 Å². The molecule has 3 nitrogen and oxygen atoms in total. The largest absolute Gasteiger partial charge is 0.465 e. The lowest BCUT2D eigenvalue weighted by atomic mass is 9.85. The molecule has 0 aromatic heterocycles. The monoisotopic (exact) mass is 222 g/mol. The average Bonchev–Trinajstić information content (AvgIpc) is 2.28. The first-order valence-electron chi connectivity index (χ1n) is 5.34. The third kappa shape index (κ3) is 4.03. The number of hydrogen-bond donors (Lipinski definition) is 1. The minimum Gasteiger partial charge on any atom is -0.465 e. The first kappa shape index (κ1) is 12.7. The number of carbonyl (C=O) groups excluding carboxylic acids is 1. The van der Waals surface area contributed by atoms with Gasteiger partial charge in [0.25, 0.3) is 0 Å². The van der Waals surface area contributed by atoms with Gasteiger partial charge >= 0.3 is 5.97 Å². The van der Waals surface area contributed by atoms with Crippen molar-refractivity contribution in [2.24, 2.45) is 5.41 Å². The number of benzene rings is 1. The molecule has 1 aromatic carbocycles. The Hall–Kier alpha value is -1.35. The molecule has 0 aliphatic carbocycles. The number of aliphatic hydroxyl groups excluding tert-OH is 1. The average molecular weight is 222 g/mol. The van der Waals surface area contributed by atoms with Crippen LogP contribution in [0.1, 0.15) is 19.4 Å². The summed E-state index contributed by atoms with van der Waals surface area (Å²) in [6.07, 6.45) is 0.692. The lowest BCUT2D eigenvalue weighted by Crippen LogP contribution is -2.31. The number of rotatable bonds is 5. The SMILES string of the molecule is CC(=O)OCC(C)(CO)Cc1ccccc1. The van der Waals surface area contributed by atoms with Gasteiger partial charge in [0.05, 0.1) is 13.2 Å². The van der Waals surface area contributed by atoms with E-state index in [2.05, 4.69) is 0 Å². The molecule has 0 fully saturated rings. The van der Waals surface area contributed by atoms with E-state index in [0.29, 0.717) is 6.42 Å². The van der Waals surface area contributed by atoms with Crippen molar-refractivity contribution < 1.29 is 14.6 Å². The summed E-state index contributed by atoms with van der Waals surface area (Å²) in [6.45, 7) is 3.52. The maximum absolute atomic E-state index is 10.8. The summed E-state index contributed by atoms with van der Waals surface area (Å²) in [5, 5.41) is 9.37. The summed E-state index contributed by atoms with van der Waals surface area (Å²) < 4.78 is 4.97. The highest BCUT2D eigenvalue weighted by Crippen LogP contribution is 2.22. The molecule has 1 aromatic rings. The van der Waals surface area contributed by atoms with Crippen molar-refractivity contribution in [2.75, 3.05) is 13.2 Å². The Labute approximate surface area is 96.1 Å². The fourth-order valence-electron chi connectivity index (χ4n) is 1.52. The molecule has 0 saturated heterocycles. The van der Waals surface area contributed by atoms with Gasteiger partial charge in [-0.25, -0.2) is 0 Å². The predicted octanol–water partition coefficient (Wildman–Crippen LogP) is 1.79. The summed E-state index contributed by atoms with van der Waals surface area (Å²) >= 11 is 0. The lowest BCUT2D eigenvalue weighted by molar-refractivity contribution is -0.145. The van der Waals surface area contributed by atoms with Crippen LogP contribution >= 0.6 is 0 Å². The van der Waals surface area contributed by atoms with Crippen LogP contribution in [0.15, 0.2) is 30.3 Å². The Balaban J connectivity index is 2.62. The van der Waals surface area contributed by atoms with Crippen molar-refractivity contribution in [2.45, 2.75) is 20.3 Å². The zero-order chi connectivity index (χ0) is 12.0. The summed E-state index contributed by atoms with van der Waals surface area (Å²) in [4.78, 5) is 10.8. The van der Waals surface area contributed by atoms with Gasteiger partial charge in [0.15, 0.2) is 0 Å². The Morgan fingerprint density at radius 3 is 2.50 bits per heavy atom. The van der Waals surface area contributed by atoms with Crippen LogP contribution in [0.2, 0.25) is 0 Å². The highest BCUT2D eigenvalue weighted by atomic mass is 16.5. The summed E-state index contributed by atoms with van der Waals surface area (Å²) in [5.74, 6) is -0.312. The van der Waals surface area contributed by atoms with Gasteiger partial charge in [-0.3, -0.25) is 4.79 Å². The Kier molecular flexibility index (Phi) is 4.50. The van der Waals surface area contributed by atoms with Crippen molar-refractivity contribution in [3.63, 3.8) is 0 Å². The van der Waals surface area contributed by atoms with Gasteiger partial charge < -0.3 is 9.84 Å². The number of aliphatic hydroxyl groups is 1. The van der Waals surface area contributed by atoms with Gasteiger partial charge in [0.1, 0.15) is 0 Å². The second kappa shape index (κ2) is 5.66. The molecule has 16 heavy (non-hydrogen) atoms. The molecule has 0 amide bonds. The number of carbonyl (C=O) groups is 1. The fourth-order valence-corrected chi connectivity index (χ4v) is 1.52. The molecule has 88 valence electrons.